The fourth-order valence-electron chi connectivity index (χ4n) is 2.20. The summed E-state index contributed by atoms with van der Waals surface area (Å²) in [6.07, 6.45) is 2.49. The van der Waals surface area contributed by atoms with Crippen molar-refractivity contribution >= 4 is 5.91 Å². The number of hydrogen-bond acceptors (Lipinski definition) is 2. The Balaban J connectivity index is 0.000000136. The first-order valence-corrected chi connectivity index (χ1v) is 6.11. The Labute approximate surface area is 102 Å². The highest BCUT2D eigenvalue weighted by Gasteiger charge is 2.27. The number of fused-ring (bicyclic) bond motifs is 1. The molecule has 1 saturated heterocycles. The molecule has 1 amide bonds. The highest BCUT2D eigenvalue weighted by molar-refractivity contribution is 5.82. The van der Waals surface area contributed by atoms with E-state index in [0.717, 1.165) is 24.8 Å². The number of aliphatic hydroxyl groups is 1. The predicted octanol–water partition coefficient (Wildman–Crippen LogP) is 1.90. The number of hydrogen-bond donors (Lipinski definition) is 1. The minimum atomic E-state index is -0.198. The monoisotopic (exact) mass is 233 g/mol. The lowest BCUT2D eigenvalue weighted by Crippen LogP contribution is -2.47. The van der Waals surface area contributed by atoms with Gasteiger partial charge in [0, 0.05) is 19.5 Å². The zero-order valence-electron chi connectivity index (χ0n) is 10.4. The number of likely N-dealkylation sites (tertiary alicyclic amines) is 1. The van der Waals surface area contributed by atoms with Crippen LogP contribution in [0.3, 0.4) is 0 Å². The lowest BCUT2D eigenvalue weighted by Gasteiger charge is -2.34. The molecule has 3 heteroatoms. The van der Waals surface area contributed by atoms with Crippen molar-refractivity contribution in [3.63, 3.8) is 0 Å². The summed E-state index contributed by atoms with van der Waals surface area (Å²) in [5.74, 6) is 0.271. The Morgan fingerprint density at radius 2 is 2.06 bits per heavy atom. The molecule has 0 spiro atoms. The van der Waals surface area contributed by atoms with Gasteiger partial charge >= 0.3 is 0 Å². The second-order valence-electron chi connectivity index (χ2n) is 4.81. The van der Waals surface area contributed by atoms with E-state index in [0.29, 0.717) is 6.04 Å². The van der Waals surface area contributed by atoms with Gasteiger partial charge in [-0.3, -0.25) is 4.79 Å². The molecule has 0 radical (unpaired) electrons. The summed E-state index contributed by atoms with van der Waals surface area (Å²) in [5.41, 5.74) is 2.44. The van der Waals surface area contributed by atoms with Crippen LogP contribution in [0.15, 0.2) is 24.3 Å². The molecule has 1 unspecified atom stereocenters. The van der Waals surface area contributed by atoms with Crippen LogP contribution in [0.5, 0.6) is 0 Å². The molecule has 0 aromatic heterocycles. The lowest BCUT2D eigenvalue weighted by molar-refractivity contribution is -0.142. The van der Waals surface area contributed by atoms with Crippen LogP contribution in [0, 0.1) is 0 Å². The van der Waals surface area contributed by atoms with Crippen LogP contribution in [-0.2, 0) is 11.2 Å². The van der Waals surface area contributed by atoms with Crippen LogP contribution < -0.4 is 0 Å². The number of β-lactam (4-membered cyclic amide) rings is 1. The van der Waals surface area contributed by atoms with Gasteiger partial charge in [-0.1, -0.05) is 24.3 Å². The van der Waals surface area contributed by atoms with E-state index < -0.39 is 0 Å². The van der Waals surface area contributed by atoms with Crippen molar-refractivity contribution in [3.8, 4) is 0 Å². The quantitative estimate of drug-likeness (QED) is 0.695. The topological polar surface area (TPSA) is 40.5 Å². The smallest absolute Gasteiger partial charge is 0.224 e. The first-order chi connectivity index (χ1) is 8.09. The zero-order valence-corrected chi connectivity index (χ0v) is 10.4. The average molecular weight is 233 g/mol. The Morgan fingerprint density at radius 1 is 1.35 bits per heavy atom. The highest BCUT2D eigenvalue weighted by atomic mass is 16.3. The number of benzene rings is 1. The van der Waals surface area contributed by atoms with Crippen molar-refractivity contribution < 1.29 is 9.90 Å². The fraction of sp³-hybridized carbons (Fsp3) is 0.500. The minimum absolute atomic E-state index is 0.198. The third kappa shape index (κ3) is 2.50. The van der Waals surface area contributed by atoms with E-state index in [4.69, 9.17) is 0 Å². The van der Waals surface area contributed by atoms with Crippen molar-refractivity contribution in [2.75, 3.05) is 7.05 Å². The van der Waals surface area contributed by atoms with Crippen molar-refractivity contribution in [2.24, 2.45) is 0 Å². The number of nitrogens with zero attached hydrogens (tertiary/aromatic N) is 1. The van der Waals surface area contributed by atoms with Crippen molar-refractivity contribution in [3.05, 3.63) is 35.4 Å². The fourth-order valence-corrected chi connectivity index (χ4v) is 2.20. The van der Waals surface area contributed by atoms with E-state index in [1.807, 2.05) is 32.2 Å². The summed E-state index contributed by atoms with van der Waals surface area (Å²) in [7, 11) is 1.83. The van der Waals surface area contributed by atoms with Gasteiger partial charge in [-0.05, 0) is 30.9 Å². The van der Waals surface area contributed by atoms with Gasteiger partial charge in [0.25, 0.3) is 0 Å². The maximum absolute atomic E-state index is 10.4. The molecule has 1 aliphatic carbocycles. The maximum atomic E-state index is 10.4. The number of carbonyl (C=O) groups excluding carboxylic acids is 1. The second kappa shape index (κ2) is 4.88. The van der Waals surface area contributed by atoms with E-state index >= 15 is 0 Å². The molecule has 3 nitrogen and oxygen atoms in total. The predicted molar refractivity (Wildman–Crippen MR) is 66.6 cm³/mol. The van der Waals surface area contributed by atoms with Crippen LogP contribution in [-0.4, -0.2) is 29.0 Å². The van der Waals surface area contributed by atoms with Crippen LogP contribution in [0.2, 0.25) is 0 Å². The Kier molecular flexibility index (Phi) is 3.48. The number of carbonyl (C=O) groups is 1. The van der Waals surface area contributed by atoms with E-state index in [9.17, 15) is 9.90 Å². The molecule has 0 bridgehead atoms. The van der Waals surface area contributed by atoms with E-state index in [1.165, 1.54) is 5.56 Å². The molecule has 2 atom stereocenters. The van der Waals surface area contributed by atoms with Crippen LogP contribution in [0.1, 0.15) is 37.0 Å². The number of amides is 1. The van der Waals surface area contributed by atoms with Gasteiger partial charge in [0.1, 0.15) is 0 Å². The molecule has 3 rings (SSSR count). The van der Waals surface area contributed by atoms with Crippen molar-refractivity contribution in [1.82, 2.24) is 4.90 Å². The molecule has 0 saturated carbocycles. The van der Waals surface area contributed by atoms with Gasteiger partial charge in [0.15, 0.2) is 0 Å². The van der Waals surface area contributed by atoms with Gasteiger partial charge < -0.3 is 10.0 Å². The third-order valence-corrected chi connectivity index (χ3v) is 3.63. The molecule has 1 N–H and O–H groups in total. The molecule has 1 heterocycles. The van der Waals surface area contributed by atoms with Crippen LogP contribution in [0.25, 0.3) is 0 Å². The summed E-state index contributed by atoms with van der Waals surface area (Å²) in [5, 5.41) is 9.38. The Hall–Kier alpha value is -1.35. The Morgan fingerprint density at radius 3 is 2.53 bits per heavy atom. The number of aryl methyl sites for hydroxylation is 1. The molecule has 17 heavy (non-hydrogen) atoms. The summed E-state index contributed by atoms with van der Waals surface area (Å²) in [6.45, 7) is 2.04. The van der Waals surface area contributed by atoms with Crippen molar-refractivity contribution in [2.45, 2.75) is 38.3 Å². The Bertz CT molecular complexity index is 416. The van der Waals surface area contributed by atoms with Crippen molar-refractivity contribution in [1.29, 1.82) is 0 Å². The van der Waals surface area contributed by atoms with Gasteiger partial charge in [0.05, 0.1) is 6.10 Å². The standard InChI is InChI=1S/C9H10O.C5H9NO/c10-9-6-5-7-3-1-2-4-8(7)9;1-4-3-5(7)6(4)2/h1-4,9-10H,5-6H2;4H,3H2,1-2H3/t;4-/m.0/s1. The summed E-state index contributed by atoms with van der Waals surface area (Å²) >= 11 is 0. The summed E-state index contributed by atoms with van der Waals surface area (Å²) in [4.78, 5) is 12.1. The zero-order chi connectivity index (χ0) is 12.4. The average Bonchev–Trinajstić information content (AvgIpc) is 2.73. The van der Waals surface area contributed by atoms with E-state index in [1.54, 1.807) is 4.90 Å². The first kappa shape index (κ1) is 12.1. The van der Waals surface area contributed by atoms with Gasteiger partial charge in [0.2, 0.25) is 5.91 Å². The maximum Gasteiger partial charge on any atom is 0.224 e. The first-order valence-electron chi connectivity index (χ1n) is 6.11. The molecule has 2 aliphatic rings. The molecule has 1 aromatic carbocycles. The van der Waals surface area contributed by atoms with Crippen LogP contribution in [0.4, 0.5) is 0 Å². The summed E-state index contributed by atoms with van der Waals surface area (Å²) in [6, 6.07) is 8.59. The van der Waals surface area contributed by atoms with Gasteiger partial charge in [-0.2, -0.15) is 0 Å². The largest absolute Gasteiger partial charge is 0.388 e. The number of rotatable bonds is 0. The minimum Gasteiger partial charge on any atom is -0.388 e. The number of aliphatic hydroxyl groups excluding tert-OH is 1. The van der Waals surface area contributed by atoms with E-state index in [2.05, 4.69) is 6.07 Å². The second-order valence-corrected chi connectivity index (χ2v) is 4.81. The molecular formula is C14H19NO2. The summed E-state index contributed by atoms with van der Waals surface area (Å²) < 4.78 is 0. The van der Waals surface area contributed by atoms with Gasteiger partial charge in [-0.15, -0.1) is 0 Å². The highest BCUT2D eigenvalue weighted by Crippen LogP contribution is 2.29. The molecule has 1 aromatic rings. The molecule has 92 valence electrons. The van der Waals surface area contributed by atoms with Gasteiger partial charge in [-0.25, -0.2) is 0 Å². The van der Waals surface area contributed by atoms with Crippen LogP contribution >= 0.6 is 0 Å². The third-order valence-electron chi connectivity index (χ3n) is 3.63. The molecule has 1 aliphatic heterocycles. The lowest BCUT2D eigenvalue weighted by atomic mass is 10.1. The SMILES string of the molecule is C[C@H]1CC(=O)N1C.OC1CCc2ccccc21. The van der Waals surface area contributed by atoms with E-state index in [-0.39, 0.29) is 12.0 Å². The normalized spacial score (nSPS) is 25.8. The molecule has 1 fully saturated rings. The molecular weight excluding hydrogens is 214 g/mol.